The molecular weight excluding hydrogens is 578 g/mol. The van der Waals surface area contributed by atoms with Crippen LogP contribution in [0.2, 0.25) is 0 Å². The molecule has 0 bridgehead atoms. The zero-order valence-corrected chi connectivity index (χ0v) is 20.9. The Balaban J connectivity index is 1.79. The molecule has 0 spiro atoms. The van der Waals surface area contributed by atoms with Crippen LogP contribution in [0.1, 0.15) is 53.3 Å². The highest BCUT2D eigenvalue weighted by molar-refractivity contribution is 7.92. The summed E-state index contributed by atoms with van der Waals surface area (Å²) in [5.74, 6) is -2.10. The third-order valence-corrected chi connectivity index (χ3v) is 9.66. The number of sulfone groups is 1. The fourth-order valence-electron chi connectivity index (χ4n) is 4.93. The van der Waals surface area contributed by atoms with Crippen molar-refractivity contribution in [2.75, 3.05) is 0 Å². The quantitative estimate of drug-likeness (QED) is 0.281. The fourth-order valence-corrected chi connectivity index (χ4v) is 7.10. The number of halogens is 8. The minimum atomic E-state index is -6.35. The third kappa shape index (κ3) is 4.71. The van der Waals surface area contributed by atoms with Crippen molar-refractivity contribution in [3.63, 3.8) is 0 Å². The Morgan fingerprint density at radius 1 is 0.900 bits per heavy atom. The smallest absolute Gasteiger partial charge is 0.435 e. The van der Waals surface area contributed by atoms with Gasteiger partial charge in [-0.15, -0.1) is 5.10 Å². The number of benzene rings is 2. The molecule has 7 nitrogen and oxygen atoms in total. The summed E-state index contributed by atoms with van der Waals surface area (Å²) in [4.78, 5) is 10.8. The predicted octanol–water partition coefficient (Wildman–Crippen LogP) is 5.89. The molecule has 1 heterocycles. The average Bonchev–Trinajstić information content (AvgIpc) is 3.38. The van der Waals surface area contributed by atoms with Crippen LogP contribution < -0.4 is 0 Å². The Hall–Kier alpha value is -3.56. The maximum atomic E-state index is 14.6. The standard InChI is InChI=1S/C24H19F8N3O4S/c25-16-5-7-18(8-6-16)40(38,39)21(11-9-17(10-12-21)35-13-19(20(36)37)33-34-35)14-1-3-15(4-2-14)22(26,23(27,28)29)24(30,31)32/h1-8,13,17H,9-12H2,(H,36,37)/t17-,21+. The van der Waals surface area contributed by atoms with E-state index >= 15 is 0 Å². The highest BCUT2D eigenvalue weighted by Crippen LogP contribution is 2.54. The lowest BCUT2D eigenvalue weighted by atomic mass is 9.80. The van der Waals surface area contributed by atoms with Gasteiger partial charge in [-0.2, -0.15) is 26.3 Å². The highest BCUT2D eigenvalue weighted by atomic mass is 32.2. The van der Waals surface area contributed by atoms with Gasteiger partial charge >= 0.3 is 24.0 Å². The maximum absolute atomic E-state index is 14.6. The summed E-state index contributed by atoms with van der Waals surface area (Å²) >= 11 is 0. The molecule has 0 unspecified atom stereocenters. The Morgan fingerprint density at radius 3 is 1.88 bits per heavy atom. The second kappa shape index (κ2) is 9.82. The molecule has 1 saturated carbocycles. The Morgan fingerprint density at radius 2 is 1.43 bits per heavy atom. The number of rotatable bonds is 6. The lowest BCUT2D eigenvalue weighted by Crippen LogP contribution is -2.50. The molecular formula is C24H19F8N3O4S. The van der Waals surface area contributed by atoms with Crippen LogP contribution in [0.25, 0.3) is 0 Å². The van der Waals surface area contributed by atoms with E-state index in [1.54, 1.807) is 0 Å². The van der Waals surface area contributed by atoms with Crippen molar-refractivity contribution in [2.45, 2.75) is 59.4 Å². The molecule has 0 atom stereocenters. The molecule has 3 aromatic rings. The van der Waals surface area contributed by atoms with Gasteiger partial charge in [0.05, 0.1) is 17.1 Å². The minimum Gasteiger partial charge on any atom is -0.476 e. The molecule has 1 aliphatic carbocycles. The van der Waals surface area contributed by atoms with E-state index in [9.17, 15) is 48.3 Å². The predicted molar refractivity (Wildman–Crippen MR) is 121 cm³/mol. The number of aromatic nitrogens is 3. The van der Waals surface area contributed by atoms with Gasteiger partial charge in [0.15, 0.2) is 15.5 Å². The second-order valence-electron chi connectivity index (χ2n) is 9.30. The Kier molecular flexibility index (Phi) is 7.22. The number of carboxylic acids is 1. The fraction of sp³-hybridized carbons (Fsp3) is 0.375. The lowest BCUT2D eigenvalue weighted by molar-refractivity contribution is -0.348. The van der Waals surface area contributed by atoms with Gasteiger partial charge in [-0.3, -0.25) is 0 Å². The van der Waals surface area contributed by atoms with Gasteiger partial charge < -0.3 is 5.11 Å². The van der Waals surface area contributed by atoms with E-state index in [-0.39, 0.29) is 54.0 Å². The van der Waals surface area contributed by atoms with E-state index in [1.165, 1.54) is 4.68 Å². The Labute approximate surface area is 221 Å². The molecule has 216 valence electrons. The number of hydrogen-bond acceptors (Lipinski definition) is 5. The largest absolute Gasteiger partial charge is 0.476 e. The summed E-state index contributed by atoms with van der Waals surface area (Å²) in [7, 11) is -4.46. The molecule has 1 aromatic heterocycles. The van der Waals surface area contributed by atoms with Crippen molar-refractivity contribution in [3.8, 4) is 0 Å². The van der Waals surface area contributed by atoms with Crippen LogP contribution in [0.3, 0.4) is 0 Å². The number of carbonyl (C=O) groups is 1. The first kappa shape index (κ1) is 29.4. The van der Waals surface area contributed by atoms with Crippen LogP contribution in [0.5, 0.6) is 0 Å². The third-order valence-electron chi connectivity index (χ3n) is 7.09. The van der Waals surface area contributed by atoms with Crippen LogP contribution in [0.4, 0.5) is 35.1 Å². The van der Waals surface area contributed by atoms with Crippen molar-refractivity contribution in [1.29, 1.82) is 0 Å². The van der Waals surface area contributed by atoms with E-state index in [0.29, 0.717) is 12.1 Å². The number of nitrogens with zero attached hydrogens (tertiary/aromatic N) is 3. The van der Waals surface area contributed by atoms with Crippen LogP contribution in [0.15, 0.2) is 59.6 Å². The molecule has 0 amide bonds. The summed E-state index contributed by atoms with van der Waals surface area (Å²) in [6.07, 6.45) is -12.0. The zero-order valence-electron chi connectivity index (χ0n) is 20.0. The summed E-state index contributed by atoms with van der Waals surface area (Å²) in [5, 5.41) is 16.3. The summed E-state index contributed by atoms with van der Waals surface area (Å²) in [6, 6.07) is 5.09. The normalized spacial score (nSPS) is 20.9. The van der Waals surface area contributed by atoms with Gasteiger partial charge in [0.1, 0.15) is 10.6 Å². The van der Waals surface area contributed by atoms with E-state index in [4.69, 9.17) is 5.11 Å². The van der Waals surface area contributed by atoms with Crippen LogP contribution in [-0.4, -0.2) is 46.8 Å². The highest BCUT2D eigenvalue weighted by Gasteiger charge is 2.73. The average molecular weight is 597 g/mol. The second-order valence-corrected chi connectivity index (χ2v) is 11.6. The van der Waals surface area contributed by atoms with Crippen LogP contribution in [-0.2, 0) is 20.3 Å². The number of carboxylic acid groups (broad SMARTS) is 1. The van der Waals surface area contributed by atoms with Crippen molar-refractivity contribution < 1.29 is 53.4 Å². The molecule has 40 heavy (non-hydrogen) atoms. The molecule has 0 radical (unpaired) electrons. The lowest BCUT2D eigenvalue weighted by Gasteiger charge is -2.40. The van der Waals surface area contributed by atoms with Gasteiger partial charge in [-0.25, -0.2) is 26.7 Å². The van der Waals surface area contributed by atoms with Crippen molar-refractivity contribution in [2.24, 2.45) is 0 Å². The maximum Gasteiger partial charge on any atom is 0.435 e. The van der Waals surface area contributed by atoms with Gasteiger partial charge in [0, 0.05) is 5.56 Å². The van der Waals surface area contributed by atoms with Gasteiger partial charge in [-0.05, 0) is 55.5 Å². The number of alkyl halides is 7. The van der Waals surface area contributed by atoms with E-state index in [1.807, 2.05) is 0 Å². The van der Waals surface area contributed by atoms with Gasteiger partial charge in [-0.1, -0.05) is 29.5 Å². The molecule has 0 aliphatic heterocycles. The topological polar surface area (TPSA) is 102 Å². The molecule has 16 heteroatoms. The first-order valence-corrected chi connectivity index (χ1v) is 13.0. The molecule has 1 N–H and O–H groups in total. The summed E-state index contributed by atoms with van der Waals surface area (Å²) < 4.78 is 135. The van der Waals surface area contributed by atoms with Crippen LogP contribution in [0, 0.1) is 5.82 Å². The van der Waals surface area contributed by atoms with E-state index in [2.05, 4.69) is 10.3 Å². The zero-order chi connectivity index (χ0) is 29.7. The van der Waals surface area contributed by atoms with E-state index < -0.39 is 56.0 Å². The first-order valence-electron chi connectivity index (χ1n) is 11.5. The van der Waals surface area contributed by atoms with Gasteiger partial charge in [0.2, 0.25) is 0 Å². The number of aromatic carboxylic acids is 1. The molecule has 1 aliphatic rings. The summed E-state index contributed by atoms with van der Waals surface area (Å²) in [6.45, 7) is 0. The molecule has 0 saturated heterocycles. The monoisotopic (exact) mass is 597 g/mol. The van der Waals surface area contributed by atoms with Crippen LogP contribution >= 0.6 is 0 Å². The van der Waals surface area contributed by atoms with Crippen molar-refractivity contribution in [3.05, 3.63) is 77.4 Å². The first-order chi connectivity index (χ1) is 18.4. The molecule has 1 fully saturated rings. The molecule has 4 rings (SSSR count). The van der Waals surface area contributed by atoms with Crippen molar-refractivity contribution >= 4 is 15.8 Å². The SMILES string of the molecule is O=C(O)c1cn([C@H]2CC[C@@](c3ccc(C(F)(C(F)(F)F)C(F)(F)F)cc3)(S(=O)(=O)c3ccc(F)cc3)CC2)nn1. The molecule has 2 aromatic carbocycles. The summed E-state index contributed by atoms with van der Waals surface area (Å²) in [5.41, 5.74) is -8.04. The Bertz CT molecular complexity index is 1480. The van der Waals surface area contributed by atoms with E-state index in [0.717, 1.165) is 30.5 Å². The van der Waals surface area contributed by atoms with Gasteiger partial charge in [0.25, 0.3) is 0 Å². The van der Waals surface area contributed by atoms with Crippen molar-refractivity contribution in [1.82, 2.24) is 15.0 Å². The minimum absolute atomic E-state index is 0.0305. The number of hydrogen-bond donors (Lipinski definition) is 1.